The highest BCUT2D eigenvalue weighted by Gasteiger charge is 2.15. The van der Waals surface area contributed by atoms with Crippen molar-refractivity contribution in [2.75, 3.05) is 6.61 Å². The van der Waals surface area contributed by atoms with E-state index in [1.54, 1.807) is 24.3 Å². The fraction of sp³-hybridized carbons (Fsp3) is 0.500. The molecule has 1 aliphatic carbocycles. The van der Waals surface area contributed by atoms with Crippen LogP contribution in [0, 0.1) is 5.92 Å². The maximum Gasteiger partial charge on any atom is 0.488 e. The van der Waals surface area contributed by atoms with E-state index in [2.05, 4.69) is 0 Å². The maximum atomic E-state index is 8.93. The third kappa shape index (κ3) is 3.00. The van der Waals surface area contributed by atoms with Gasteiger partial charge >= 0.3 is 7.12 Å². The lowest BCUT2D eigenvalue weighted by molar-refractivity contribution is 0.252. The molecule has 1 saturated carbocycles. The van der Waals surface area contributed by atoms with Gasteiger partial charge in [0.2, 0.25) is 0 Å². The normalized spacial score (nSPS) is 16.4. The lowest BCUT2D eigenvalue weighted by Crippen LogP contribution is -2.29. The summed E-state index contributed by atoms with van der Waals surface area (Å²) >= 11 is 0. The van der Waals surface area contributed by atoms with E-state index >= 15 is 0 Å². The number of ether oxygens (including phenoxy) is 1. The molecule has 0 aromatic heterocycles. The molecule has 0 bridgehead atoms. The summed E-state index contributed by atoms with van der Waals surface area (Å²) in [5.74, 6) is 1.50. The predicted molar refractivity (Wildman–Crippen MR) is 63.7 cm³/mol. The van der Waals surface area contributed by atoms with E-state index < -0.39 is 7.12 Å². The van der Waals surface area contributed by atoms with Gasteiger partial charge in [-0.15, -0.1) is 0 Å². The van der Waals surface area contributed by atoms with Crippen LogP contribution in [0.3, 0.4) is 0 Å². The number of rotatable bonds is 4. The minimum Gasteiger partial charge on any atom is -0.493 e. The summed E-state index contributed by atoms with van der Waals surface area (Å²) in [6, 6.07) is 6.91. The molecule has 86 valence electrons. The fourth-order valence-electron chi connectivity index (χ4n) is 2.13. The molecule has 1 aliphatic rings. The van der Waals surface area contributed by atoms with Gasteiger partial charge in [-0.3, -0.25) is 0 Å². The summed E-state index contributed by atoms with van der Waals surface area (Å²) in [6.45, 7) is 0.779. The molecule has 0 heterocycles. The fourth-order valence-corrected chi connectivity index (χ4v) is 2.13. The molecule has 4 heteroatoms. The minimum absolute atomic E-state index is 0.494. The van der Waals surface area contributed by atoms with Gasteiger partial charge in [0.05, 0.1) is 6.61 Å². The molecule has 0 saturated heterocycles. The van der Waals surface area contributed by atoms with Gasteiger partial charge in [-0.1, -0.05) is 25.0 Å². The molecule has 16 heavy (non-hydrogen) atoms. The SMILES string of the molecule is OB(O)c1ccc(OCC2CCCC2)cc1. The van der Waals surface area contributed by atoms with Gasteiger partial charge < -0.3 is 14.8 Å². The molecular formula is C12H17BO3. The van der Waals surface area contributed by atoms with Crippen LogP contribution in [0.5, 0.6) is 5.75 Å². The van der Waals surface area contributed by atoms with E-state index in [0.29, 0.717) is 11.4 Å². The first-order valence-electron chi connectivity index (χ1n) is 5.84. The molecular weight excluding hydrogens is 203 g/mol. The van der Waals surface area contributed by atoms with Crippen LogP contribution in [0.4, 0.5) is 0 Å². The first-order valence-corrected chi connectivity index (χ1v) is 5.84. The highest BCUT2D eigenvalue weighted by atomic mass is 16.5. The Morgan fingerprint density at radius 3 is 2.31 bits per heavy atom. The Morgan fingerprint density at radius 1 is 1.12 bits per heavy atom. The molecule has 0 unspecified atom stereocenters. The van der Waals surface area contributed by atoms with E-state index in [1.807, 2.05) is 0 Å². The average Bonchev–Trinajstić information content (AvgIpc) is 2.80. The van der Waals surface area contributed by atoms with Crippen molar-refractivity contribution in [3.05, 3.63) is 24.3 Å². The molecule has 0 atom stereocenters. The highest BCUT2D eigenvalue weighted by molar-refractivity contribution is 6.58. The van der Waals surface area contributed by atoms with E-state index in [4.69, 9.17) is 14.8 Å². The molecule has 0 radical (unpaired) electrons. The lowest BCUT2D eigenvalue weighted by atomic mass is 9.80. The van der Waals surface area contributed by atoms with Gasteiger partial charge in [-0.25, -0.2) is 0 Å². The maximum absolute atomic E-state index is 8.93. The van der Waals surface area contributed by atoms with Crippen LogP contribution in [0.15, 0.2) is 24.3 Å². The first kappa shape index (κ1) is 11.5. The Kier molecular flexibility index (Phi) is 3.85. The van der Waals surface area contributed by atoms with Crippen LogP contribution in [0.25, 0.3) is 0 Å². The van der Waals surface area contributed by atoms with E-state index in [-0.39, 0.29) is 0 Å². The monoisotopic (exact) mass is 220 g/mol. The Morgan fingerprint density at radius 2 is 1.75 bits per heavy atom. The average molecular weight is 220 g/mol. The van der Waals surface area contributed by atoms with Crippen LogP contribution in [-0.4, -0.2) is 23.8 Å². The second-order valence-corrected chi connectivity index (χ2v) is 4.40. The van der Waals surface area contributed by atoms with Crippen molar-refractivity contribution in [2.45, 2.75) is 25.7 Å². The summed E-state index contributed by atoms with van der Waals surface area (Å²) in [6.07, 6.45) is 5.19. The zero-order valence-electron chi connectivity index (χ0n) is 9.30. The summed E-state index contributed by atoms with van der Waals surface area (Å²) < 4.78 is 5.66. The molecule has 2 rings (SSSR count). The Labute approximate surface area is 96.2 Å². The standard InChI is InChI=1S/C12H17BO3/c14-13(15)11-5-7-12(8-6-11)16-9-10-3-1-2-4-10/h5-8,10,14-15H,1-4,9H2. The van der Waals surface area contributed by atoms with Gasteiger partial charge in [-0.05, 0) is 36.4 Å². The summed E-state index contributed by atoms with van der Waals surface area (Å²) in [7, 11) is -1.40. The van der Waals surface area contributed by atoms with Crippen molar-refractivity contribution in [3.63, 3.8) is 0 Å². The molecule has 0 spiro atoms. The van der Waals surface area contributed by atoms with Gasteiger partial charge in [0.1, 0.15) is 5.75 Å². The van der Waals surface area contributed by atoms with Gasteiger partial charge in [0.25, 0.3) is 0 Å². The van der Waals surface area contributed by atoms with Crippen molar-refractivity contribution >= 4 is 12.6 Å². The molecule has 3 nitrogen and oxygen atoms in total. The third-order valence-corrected chi connectivity index (χ3v) is 3.14. The quantitative estimate of drug-likeness (QED) is 0.742. The zero-order valence-corrected chi connectivity index (χ0v) is 9.30. The molecule has 0 amide bonds. The van der Waals surface area contributed by atoms with Crippen molar-refractivity contribution in [3.8, 4) is 5.75 Å². The minimum atomic E-state index is -1.40. The first-order chi connectivity index (χ1) is 7.75. The van der Waals surface area contributed by atoms with E-state index in [9.17, 15) is 0 Å². The van der Waals surface area contributed by atoms with Crippen molar-refractivity contribution in [1.29, 1.82) is 0 Å². The number of hydrogen-bond donors (Lipinski definition) is 2. The Bertz CT molecular complexity index is 318. The largest absolute Gasteiger partial charge is 0.493 e. The van der Waals surface area contributed by atoms with Crippen LogP contribution >= 0.6 is 0 Å². The van der Waals surface area contributed by atoms with Gasteiger partial charge in [0, 0.05) is 0 Å². The third-order valence-electron chi connectivity index (χ3n) is 3.14. The van der Waals surface area contributed by atoms with Gasteiger partial charge in [-0.2, -0.15) is 0 Å². The molecule has 1 aromatic rings. The smallest absolute Gasteiger partial charge is 0.488 e. The molecule has 1 fully saturated rings. The zero-order chi connectivity index (χ0) is 11.4. The second kappa shape index (κ2) is 5.37. The van der Waals surface area contributed by atoms with Crippen LogP contribution in [-0.2, 0) is 0 Å². The van der Waals surface area contributed by atoms with Crippen molar-refractivity contribution < 1.29 is 14.8 Å². The van der Waals surface area contributed by atoms with Crippen LogP contribution in [0.1, 0.15) is 25.7 Å². The number of hydrogen-bond acceptors (Lipinski definition) is 3. The summed E-state index contributed by atoms with van der Waals surface area (Å²) in [4.78, 5) is 0. The predicted octanol–water partition coefficient (Wildman–Crippen LogP) is 0.935. The van der Waals surface area contributed by atoms with Crippen LogP contribution < -0.4 is 10.2 Å². The van der Waals surface area contributed by atoms with Crippen molar-refractivity contribution in [1.82, 2.24) is 0 Å². The molecule has 1 aromatic carbocycles. The molecule has 0 aliphatic heterocycles. The highest BCUT2D eigenvalue weighted by Crippen LogP contribution is 2.25. The van der Waals surface area contributed by atoms with E-state index in [1.165, 1.54) is 25.7 Å². The second-order valence-electron chi connectivity index (χ2n) is 4.40. The molecule has 2 N–H and O–H groups in total. The van der Waals surface area contributed by atoms with E-state index in [0.717, 1.165) is 12.4 Å². The topological polar surface area (TPSA) is 49.7 Å². The summed E-state index contributed by atoms with van der Waals surface area (Å²) in [5, 5.41) is 17.9. The summed E-state index contributed by atoms with van der Waals surface area (Å²) in [5.41, 5.74) is 0.494. The Hall–Kier alpha value is -0.995. The number of benzene rings is 1. The van der Waals surface area contributed by atoms with Crippen LogP contribution in [0.2, 0.25) is 0 Å². The lowest BCUT2D eigenvalue weighted by Gasteiger charge is -2.11. The van der Waals surface area contributed by atoms with Crippen molar-refractivity contribution in [2.24, 2.45) is 5.92 Å². The van der Waals surface area contributed by atoms with Gasteiger partial charge in [0.15, 0.2) is 0 Å². The Balaban J connectivity index is 1.84.